The molecule has 0 aromatic heterocycles. The van der Waals surface area contributed by atoms with Gasteiger partial charge in [-0.15, -0.1) is 6.42 Å². The first-order valence-electron chi connectivity index (χ1n) is 7.01. The molecule has 1 N–H and O–H groups in total. The molecule has 4 bridgehead atoms. The Labute approximate surface area is 99.4 Å². The molecule has 1 nitrogen and oxygen atoms in total. The molecule has 0 atom stereocenters. The van der Waals surface area contributed by atoms with Gasteiger partial charge in [-0.3, -0.25) is 0 Å². The highest BCUT2D eigenvalue weighted by Gasteiger charge is 2.47. The Bertz CT molecular complexity index is 260. The first kappa shape index (κ1) is 10.7. The van der Waals surface area contributed by atoms with Crippen LogP contribution in [0.25, 0.3) is 0 Å². The van der Waals surface area contributed by atoms with Crippen LogP contribution in [-0.2, 0) is 0 Å². The van der Waals surface area contributed by atoms with E-state index in [9.17, 15) is 0 Å². The van der Waals surface area contributed by atoms with E-state index in [0.717, 1.165) is 42.7 Å². The van der Waals surface area contributed by atoms with Crippen LogP contribution in [0.15, 0.2) is 0 Å². The van der Waals surface area contributed by atoms with E-state index in [4.69, 9.17) is 6.42 Å². The van der Waals surface area contributed by atoms with E-state index in [1.54, 1.807) is 32.1 Å². The van der Waals surface area contributed by atoms with Gasteiger partial charge >= 0.3 is 0 Å². The van der Waals surface area contributed by atoms with Crippen LogP contribution in [0.3, 0.4) is 0 Å². The average Bonchev–Trinajstić information content (AvgIpc) is 2.26. The maximum atomic E-state index is 5.25. The molecule has 4 rings (SSSR count). The second-order valence-corrected chi connectivity index (χ2v) is 6.26. The van der Waals surface area contributed by atoms with Crippen molar-refractivity contribution in [3.8, 4) is 12.3 Å². The van der Waals surface area contributed by atoms with Crippen LogP contribution in [0.1, 0.15) is 38.5 Å². The second-order valence-electron chi connectivity index (χ2n) is 6.26. The molecule has 0 spiro atoms. The lowest BCUT2D eigenvalue weighted by Crippen LogP contribution is -2.45. The third-order valence-electron chi connectivity index (χ3n) is 5.30. The summed E-state index contributed by atoms with van der Waals surface area (Å²) in [5, 5.41) is 3.36. The molecule has 4 aliphatic rings. The van der Waals surface area contributed by atoms with Gasteiger partial charge in [-0.2, -0.15) is 0 Å². The van der Waals surface area contributed by atoms with E-state index >= 15 is 0 Å². The smallest absolute Gasteiger partial charge is 0.0573 e. The summed E-state index contributed by atoms with van der Waals surface area (Å²) in [6.07, 6.45) is 14.4. The van der Waals surface area contributed by atoms with Crippen molar-refractivity contribution >= 4 is 0 Å². The Morgan fingerprint density at radius 3 is 2.19 bits per heavy atom. The molecule has 0 amide bonds. The van der Waals surface area contributed by atoms with E-state index in [1.165, 1.54) is 6.42 Å². The molecule has 0 saturated heterocycles. The van der Waals surface area contributed by atoms with E-state index in [2.05, 4.69) is 11.2 Å². The lowest BCUT2D eigenvalue weighted by atomic mass is 9.51. The van der Waals surface area contributed by atoms with Crippen molar-refractivity contribution in [1.29, 1.82) is 0 Å². The number of nitrogens with one attached hydrogen (secondary N) is 1. The standard InChI is InChI=1S/C15H23N/c1-2-4-16-5-3-15-13-7-11-6-12(9-13)10-14(15)8-11/h1,11-16H,3-10H2. The molecule has 4 saturated carbocycles. The summed E-state index contributed by atoms with van der Waals surface area (Å²) >= 11 is 0. The summed E-state index contributed by atoms with van der Waals surface area (Å²) in [6.45, 7) is 1.88. The maximum Gasteiger partial charge on any atom is 0.0573 e. The van der Waals surface area contributed by atoms with Crippen molar-refractivity contribution in [2.75, 3.05) is 13.1 Å². The quantitative estimate of drug-likeness (QED) is 0.564. The summed E-state index contributed by atoms with van der Waals surface area (Å²) in [7, 11) is 0. The molecule has 0 aromatic rings. The molecule has 0 aromatic carbocycles. The Morgan fingerprint density at radius 2 is 1.62 bits per heavy atom. The van der Waals surface area contributed by atoms with Crippen molar-refractivity contribution in [1.82, 2.24) is 5.32 Å². The zero-order valence-corrected chi connectivity index (χ0v) is 10.1. The average molecular weight is 217 g/mol. The van der Waals surface area contributed by atoms with Crippen LogP contribution in [0, 0.1) is 41.9 Å². The minimum atomic E-state index is 0.743. The molecule has 4 fully saturated rings. The van der Waals surface area contributed by atoms with Crippen LogP contribution in [0.4, 0.5) is 0 Å². The molecule has 0 radical (unpaired) electrons. The third-order valence-corrected chi connectivity index (χ3v) is 5.30. The fraction of sp³-hybridized carbons (Fsp3) is 0.867. The predicted octanol–water partition coefficient (Wildman–Crippen LogP) is 2.67. The number of rotatable bonds is 4. The van der Waals surface area contributed by atoms with Crippen LogP contribution in [0.5, 0.6) is 0 Å². The second kappa shape index (κ2) is 4.41. The molecule has 0 heterocycles. The number of hydrogen-bond donors (Lipinski definition) is 1. The van der Waals surface area contributed by atoms with E-state index < -0.39 is 0 Å². The first-order chi connectivity index (χ1) is 7.86. The fourth-order valence-corrected chi connectivity index (χ4v) is 4.94. The van der Waals surface area contributed by atoms with Gasteiger partial charge in [0.2, 0.25) is 0 Å². The molecule has 0 aliphatic heterocycles. The highest BCUT2D eigenvalue weighted by Crippen LogP contribution is 2.57. The third kappa shape index (κ3) is 1.89. The zero-order chi connectivity index (χ0) is 11.0. The zero-order valence-electron chi connectivity index (χ0n) is 10.1. The Morgan fingerprint density at radius 1 is 1.00 bits per heavy atom. The first-order valence-corrected chi connectivity index (χ1v) is 7.01. The van der Waals surface area contributed by atoms with Crippen molar-refractivity contribution in [3.63, 3.8) is 0 Å². The number of terminal acetylenes is 1. The van der Waals surface area contributed by atoms with Crippen molar-refractivity contribution in [2.45, 2.75) is 38.5 Å². The Balaban J connectivity index is 1.54. The summed E-state index contributed by atoms with van der Waals surface area (Å²) in [4.78, 5) is 0. The largest absolute Gasteiger partial charge is 0.306 e. The SMILES string of the molecule is C#CCNCCC1C2CC3CC(C2)CC1C3. The van der Waals surface area contributed by atoms with Crippen LogP contribution in [-0.4, -0.2) is 13.1 Å². The molecule has 0 unspecified atom stereocenters. The lowest BCUT2D eigenvalue weighted by molar-refractivity contribution is -0.0392. The van der Waals surface area contributed by atoms with Gasteiger partial charge in [0.25, 0.3) is 0 Å². The van der Waals surface area contributed by atoms with Gasteiger partial charge in [-0.25, -0.2) is 0 Å². The molecule has 4 aliphatic carbocycles. The molecular formula is C15H23N. The molecule has 1 heteroatoms. The summed E-state index contributed by atoms with van der Waals surface area (Å²) in [5.41, 5.74) is 0. The summed E-state index contributed by atoms with van der Waals surface area (Å²) < 4.78 is 0. The molecule has 88 valence electrons. The van der Waals surface area contributed by atoms with E-state index in [1.807, 2.05) is 0 Å². The van der Waals surface area contributed by atoms with E-state index in [-0.39, 0.29) is 0 Å². The highest BCUT2D eigenvalue weighted by molar-refractivity contribution is 4.98. The topological polar surface area (TPSA) is 12.0 Å². The summed E-state index contributed by atoms with van der Waals surface area (Å²) in [5.74, 6) is 8.05. The van der Waals surface area contributed by atoms with Crippen molar-refractivity contribution in [3.05, 3.63) is 0 Å². The van der Waals surface area contributed by atoms with Crippen LogP contribution in [0.2, 0.25) is 0 Å². The normalized spacial score (nSPS) is 44.6. The van der Waals surface area contributed by atoms with Gasteiger partial charge in [0.05, 0.1) is 6.54 Å². The highest BCUT2D eigenvalue weighted by atomic mass is 14.8. The predicted molar refractivity (Wildman–Crippen MR) is 66.9 cm³/mol. The minimum Gasteiger partial charge on any atom is -0.306 e. The van der Waals surface area contributed by atoms with Gasteiger partial charge in [0, 0.05) is 0 Å². The Kier molecular flexibility index (Phi) is 2.94. The monoisotopic (exact) mass is 217 g/mol. The molecule has 16 heavy (non-hydrogen) atoms. The van der Waals surface area contributed by atoms with Gasteiger partial charge in [0.1, 0.15) is 0 Å². The van der Waals surface area contributed by atoms with Gasteiger partial charge in [0.15, 0.2) is 0 Å². The van der Waals surface area contributed by atoms with Gasteiger partial charge in [-0.05, 0) is 74.7 Å². The van der Waals surface area contributed by atoms with Gasteiger partial charge < -0.3 is 5.32 Å². The van der Waals surface area contributed by atoms with Crippen LogP contribution < -0.4 is 5.32 Å². The Hall–Kier alpha value is -0.480. The minimum absolute atomic E-state index is 0.743. The van der Waals surface area contributed by atoms with Gasteiger partial charge in [-0.1, -0.05) is 5.92 Å². The van der Waals surface area contributed by atoms with E-state index in [0.29, 0.717) is 0 Å². The number of hydrogen-bond acceptors (Lipinski definition) is 1. The van der Waals surface area contributed by atoms with Crippen molar-refractivity contribution in [2.24, 2.45) is 29.6 Å². The summed E-state index contributed by atoms with van der Waals surface area (Å²) in [6, 6.07) is 0. The molecular weight excluding hydrogens is 194 g/mol. The maximum absolute atomic E-state index is 5.25. The fourth-order valence-electron chi connectivity index (χ4n) is 4.94. The van der Waals surface area contributed by atoms with Crippen molar-refractivity contribution < 1.29 is 0 Å². The van der Waals surface area contributed by atoms with Crippen LogP contribution >= 0.6 is 0 Å². The lowest BCUT2D eigenvalue weighted by Gasteiger charge is -2.54.